The molecule has 0 bridgehead atoms. The summed E-state index contributed by atoms with van der Waals surface area (Å²) in [6.07, 6.45) is 2.63. The first-order valence-electron chi connectivity index (χ1n) is 7.19. The lowest BCUT2D eigenvalue weighted by Gasteiger charge is -2.20. The second-order valence-electron chi connectivity index (χ2n) is 5.68. The summed E-state index contributed by atoms with van der Waals surface area (Å²) in [4.78, 5) is 10.1. The summed E-state index contributed by atoms with van der Waals surface area (Å²) in [5.74, 6) is 1.42. The standard InChI is InChI=1S/C15H18BrN5S/c1-9(2)7-10(11-5-4-6-22-11)19-14-12-13(16)20-21(3)15(12)18-8-17-14/h4-6,8-10H,7H2,1-3H3,(H,17,18,19). The summed E-state index contributed by atoms with van der Waals surface area (Å²) >= 11 is 5.28. The van der Waals surface area contributed by atoms with Crippen molar-refractivity contribution in [3.63, 3.8) is 0 Å². The Morgan fingerprint density at radius 3 is 2.86 bits per heavy atom. The van der Waals surface area contributed by atoms with Crippen molar-refractivity contribution < 1.29 is 0 Å². The smallest absolute Gasteiger partial charge is 0.164 e. The highest BCUT2D eigenvalue weighted by Gasteiger charge is 2.19. The molecular weight excluding hydrogens is 362 g/mol. The minimum Gasteiger partial charge on any atom is -0.362 e. The first-order chi connectivity index (χ1) is 10.6. The van der Waals surface area contributed by atoms with Crippen LogP contribution in [0, 0.1) is 5.92 Å². The van der Waals surface area contributed by atoms with Gasteiger partial charge in [-0.25, -0.2) is 14.6 Å². The molecule has 5 nitrogen and oxygen atoms in total. The van der Waals surface area contributed by atoms with Crippen LogP contribution >= 0.6 is 27.3 Å². The van der Waals surface area contributed by atoms with Crippen molar-refractivity contribution in [2.75, 3.05) is 5.32 Å². The highest BCUT2D eigenvalue weighted by molar-refractivity contribution is 9.10. The number of aromatic nitrogens is 4. The largest absolute Gasteiger partial charge is 0.362 e. The first-order valence-corrected chi connectivity index (χ1v) is 8.86. The molecule has 1 N–H and O–H groups in total. The zero-order valence-electron chi connectivity index (χ0n) is 12.7. The lowest BCUT2D eigenvalue weighted by atomic mass is 10.0. The average molecular weight is 380 g/mol. The van der Waals surface area contributed by atoms with Gasteiger partial charge in [-0.05, 0) is 39.7 Å². The Bertz CT molecular complexity index is 766. The summed E-state index contributed by atoms with van der Waals surface area (Å²) in [5.41, 5.74) is 0.818. The zero-order chi connectivity index (χ0) is 15.7. The van der Waals surface area contributed by atoms with Crippen molar-refractivity contribution in [1.29, 1.82) is 0 Å². The third-order valence-corrected chi connectivity index (χ3v) is 5.02. The number of fused-ring (bicyclic) bond motifs is 1. The molecule has 0 saturated carbocycles. The quantitative estimate of drug-likeness (QED) is 0.714. The van der Waals surface area contributed by atoms with Gasteiger partial charge in [-0.2, -0.15) is 5.10 Å². The van der Waals surface area contributed by atoms with Crippen LogP contribution in [-0.4, -0.2) is 19.7 Å². The zero-order valence-corrected chi connectivity index (χ0v) is 15.1. The maximum absolute atomic E-state index is 4.44. The van der Waals surface area contributed by atoms with Gasteiger partial charge in [0.1, 0.15) is 16.7 Å². The SMILES string of the molecule is CC(C)CC(Nc1ncnc2c1c(Br)nn2C)c1cccs1. The van der Waals surface area contributed by atoms with E-state index < -0.39 is 0 Å². The van der Waals surface area contributed by atoms with E-state index in [0.29, 0.717) is 5.92 Å². The van der Waals surface area contributed by atoms with E-state index in [9.17, 15) is 0 Å². The van der Waals surface area contributed by atoms with Crippen LogP contribution in [0.2, 0.25) is 0 Å². The van der Waals surface area contributed by atoms with Crippen LogP contribution < -0.4 is 5.32 Å². The normalized spacial score (nSPS) is 13.0. The molecule has 0 aromatic carbocycles. The van der Waals surface area contributed by atoms with Crippen LogP contribution in [0.4, 0.5) is 5.82 Å². The van der Waals surface area contributed by atoms with Crippen LogP contribution in [0.1, 0.15) is 31.2 Å². The van der Waals surface area contributed by atoms with Crippen molar-refractivity contribution >= 4 is 44.1 Å². The van der Waals surface area contributed by atoms with Gasteiger partial charge in [-0.15, -0.1) is 11.3 Å². The van der Waals surface area contributed by atoms with Gasteiger partial charge < -0.3 is 5.32 Å². The molecule has 0 aliphatic rings. The van der Waals surface area contributed by atoms with E-state index in [-0.39, 0.29) is 6.04 Å². The Hall–Kier alpha value is -1.47. The van der Waals surface area contributed by atoms with E-state index in [2.05, 4.69) is 67.7 Å². The number of halogens is 1. The van der Waals surface area contributed by atoms with Crippen molar-refractivity contribution in [2.45, 2.75) is 26.3 Å². The summed E-state index contributed by atoms with van der Waals surface area (Å²) in [6, 6.07) is 4.50. The van der Waals surface area contributed by atoms with Gasteiger partial charge in [0.25, 0.3) is 0 Å². The van der Waals surface area contributed by atoms with Crippen molar-refractivity contribution in [2.24, 2.45) is 13.0 Å². The topological polar surface area (TPSA) is 55.6 Å². The molecule has 0 radical (unpaired) electrons. The lowest BCUT2D eigenvalue weighted by Crippen LogP contribution is -2.13. The first kappa shape index (κ1) is 15.4. The third-order valence-electron chi connectivity index (χ3n) is 3.48. The number of rotatable bonds is 5. The van der Waals surface area contributed by atoms with Crippen molar-refractivity contribution in [3.8, 4) is 0 Å². The molecule has 0 spiro atoms. The van der Waals surface area contributed by atoms with Crippen LogP contribution in [0.3, 0.4) is 0 Å². The number of thiophene rings is 1. The predicted molar refractivity (Wildman–Crippen MR) is 94.1 cm³/mol. The van der Waals surface area contributed by atoms with E-state index in [0.717, 1.165) is 27.9 Å². The van der Waals surface area contributed by atoms with Gasteiger partial charge in [0.15, 0.2) is 5.65 Å². The van der Waals surface area contributed by atoms with E-state index in [4.69, 9.17) is 0 Å². The molecule has 116 valence electrons. The Balaban J connectivity index is 1.99. The molecule has 3 aromatic rings. The second kappa shape index (κ2) is 6.34. The fourth-order valence-corrected chi connectivity index (χ4v) is 3.92. The van der Waals surface area contributed by atoms with E-state index >= 15 is 0 Å². The van der Waals surface area contributed by atoms with E-state index in [1.54, 1.807) is 22.3 Å². The van der Waals surface area contributed by atoms with E-state index in [1.807, 2.05) is 7.05 Å². The molecular formula is C15H18BrN5S. The molecule has 0 amide bonds. The highest BCUT2D eigenvalue weighted by Crippen LogP contribution is 2.33. The van der Waals surface area contributed by atoms with Crippen LogP contribution in [0.15, 0.2) is 28.4 Å². The Kier molecular flexibility index (Phi) is 4.44. The second-order valence-corrected chi connectivity index (χ2v) is 7.41. The number of nitrogens with one attached hydrogen (secondary N) is 1. The monoisotopic (exact) mass is 379 g/mol. The Labute approximate surface area is 141 Å². The van der Waals surface area contributed by atoms with Gasteiger partial charge in [-0.3, -0.25) is 0 Å². The maximum atomic E-state index is 4.44. The number of hydrogen-bond donors (Lipinski definition) is 1. The van der Waals surface area contributed by atoms with E-state index in [1.165, 1.54) is 4.88 Å². The molecule has 22 heavy (non-hydrogen) atoms. The summed E-state index contributed by atoms with van der Waals surface area (Å²) in [6.45, 7) is 4.47. The van der Waals surface area contributed by atoms with Crippen LogP contribution in [0.5, 0.6) is 0 Å². The average Bonchev–Trinajstić information content (AvgIpc) is 3.08. The van der Waals surface area contributed by atoms with Crippen LogP contribution in [0.25, 0.3) is 11.0 Å². The number of aryl methyl sites for hydroxylation is 1. The minimum absolute atomic E-state index is 0.241. The molecule has 0 aliphatic heterocycles. The molecule has 0 aliphatic carbocycles. The van der Waals surface area contributed by atoms with Gasteiger partial charge >= 0.3 is 0 Å². The molecule has 1 unspecified atom stereocenters. The number of hydrogen-bond acceptors (Lipinski definition) is 5. The number of anilines is 1. The predicted octanol–water partition coefficient (Wildman–Crippen LogP) is 4.39. The molecule has 1 atom stereocenters. The van der Waals surface area contributed by atoms with Crippen LogP contribution in [-0.2, 0) is 7.05 Å². The van der Waals surface area contributed by atoms with Crippen molar-refractivity contribution in [1.82, 2.24) is 19.7 Å². The van der Waals surface area contributed by atoms with Gasteiger partial charge in [0.2, 0.25) is 0 Å². The fraction of sp³-hybridized carbons (Fsp3) is 0.400. The summed E-state index contributed by atoms with van der Waals surface area (Å²) in [7, 11) is 1.88. The molecule has 7 heteroatoms. The lowest BCUT2D eigenvalue weighted by molar-refractivity contribution is 0.535. The Morgan fingerprint density at radius 2 is 2.18 bits per heavy atom. The summed E-state index contributed by atoms with van der Waals surface area (Å²) < 4.78 is 2.53. The molecule has 0 saturated heterocycles. The molecule has 0 fully saturated rings. The van der Waals surface area contributed by atoms with Gasteiger partial charge in [-0.1, -0.05) is 19.9 Å². The maximum Gasteiger partial charge on any atom is 0.164 e. The number of nitrogens with zero attached hydrogens (tertiary/aromatic N) is 4. The van der Waals surface area contributed by atoms with Gasteiger partial charge in [0.05, 0.1) is 11.4 Å². The third kappa shape index (κ3) is 3.01. The Morgan fingerprint density at radius 1 is 1.36 bits per heavy atom. The molecule has 3 heterocycles. The van der Waals surface area contributed by atoms with Gasteiger partial charge in [0, 0.05) is 11.9 Å². The highest BCUT2D eigenvalue weighted by atomic mass is 79.9. The van der Waals surface area contributed by atoms with Crippen molar-refractivity contribution in [3.05, 3.63) is 33.3 Å². The summed E-state index contributed by atoms with van der Waals surface area (Å²) in [5, 5.41) is 11.0. The fourth-order valence-electron chi connectivity index (χ4n) is 2.52. The molecule has 3 aromatic heterocycles. The minimum atomic E-state index is 0.241. The molecule has 3 rings (SSSR count).